The molecule has 1 unspecified atom stereocenters. The van der Waals surface area contributed by atoms with E-state index in [4.69, 9.17) is 16.0 Å². The molecule has 1 N–H and O–H groups in total. The summed E-state index contributed by atoms with van der Waals surface area (Å²) in [6.45, 7) is 0. The first-order chi connectivity index (χ1) is 11.6. The zero-order valence-corrected chi connectivity index (χ0v) is 13.9. The number of halogens is 1. The zero-order chi connectivity index (χ0) is 16.7. The first-order valence-electron chi connectivity index (χ1n) is 7.24. The van der Waals surface area contributed by atoms with Crippen LogP contribution in [0.2, 0.25) is 5.02 Å². The number of carbonyl (C=O) groups excluding carboxylic acids is 2. The van der Waals surface area contributed by atoms with Crippen molar-refractivity contribution < 1.29 is 14.0 Å². The Labute approximate surface area is 146 Å². The summed E-state index contributed by atoms with van der Waals surface area (Å²) < 4.78 is 5.75. The number of imide groups is 1. The van der Waals surface area contributed by atoms with Crippen LogP contribution in [-0.4, -0.2) is 16.1 Å². The summed E-state index contributed by atoms with van der Waals surface area (Å²) in [5, 5.41) is 2.11. The lowest BCUT2D eigenvalue weighted by Crippen LogP contribution is -2.20. The van der Waals surface area contributed by atoms with E-state index in [1.54, 1.807) is 18.2 Å². The molecule has 1 aromatic heterocycles. The fourth-order valence-electron chi connectivity index (χ4n) is 2.58. The molecule has 1 fully saturated rings. The molecule has 4 rings (SSSR count). The van der Waals surface area contributed by atoms with Crippen molar-refractivity contribution in [3.05, 3.63) is 64.5 Å². The van der Waals surface area contributed by atoms with Gasteiger partial charge in [0.1, 0.15) is 10.8 Å². The topological polar surface area (TPSA) is 72.2 Å². The van der Waals surface area contributed by atoms with Crippen LogP contribution in [0.3, 0.4) is 0 Å². The lowest BCUT2D eigenvalue weighted by Gasteiger charge is -2.03. The van der Waals surface area contributed by atoms with Crippen molar-refractivity contribution in [1.82, 2.24) is 10.3 Å². The molecule has 2 heterocycles. The van der Waals surface area contributed by atoms with Crippen LogP contribution in [0.1, 0.15) is 22.3 Å². The number of hydrogen-bond acceptors (Lipinski definition) is 5. The number of oxazole rings is 1. The van der Waals surface area contributed by atoms with Crippen LogP contribution in [-0.2, 0) is 11.2 Å². The molecule has 1 saturated heterocycles. The molecule has 1 aliphatic rings. The normalized spacial score (nSPS) is 17.5. The number of aromatic nitrogens is 1. The molecule has 3 aromatic rings. The van der Waals surface area contributed by atoms with Crippen molar-refractivity contribution in [3.8, 4) is 0 Å². The number of nitrogens with one attached hydrogen (secondary N) is 1. The monoisotopic (exact) mass is 358 g/mol. The number of nitrogens with zero attached hydrogens (tertiary/aromatic N) is 1. The number of thioether (sulfide) groups is 1. The van der Waals surface area contributed by atoms with Gasteiger partial charge in [-0.25, -0.2) is 4.98 Å². The Hall–Kier alpha value is -2.31. The first kappa shape index (κ1) is 15.2. The standard InChI is InChI=1S/C17H11ClN2O3S/c18-11-4-1-9(2-5-11)7-14-19-12-8-10(3-6-13(12)23-14)15-16(21)20-17(22)24-15/h1-6,8,15H,7H2,(H,20,21,22). The smallest absolute Gasteiger partial charge is 0.286 e. The van der Waals surface area contributed by atoms with Gasteiger partial charge in [0.25, 0.3) is 5.24 Å². The maximum Gasteiger partial charge on any atom is 0.286 e. The molecule has 120 valence electrons. The minimum Gasteiger partial charge on any atom is -0.440 e. The lowest BCUT2D eigenvalue weighted by atomic mass is 10.1. The summed E-state index contributed by atoms with van der Waals surface area (Å²) >= 11 is 6.86. The van der Waals surface area contributed by atoms with Crippen molar-refractivity contribution >= 4 is 45.6 Å². The highest BCUT2D eigenvalue weighted by molar-refractivity contribution is 8.15. The van der Waals surface area contributed by atoms with Crippen molar-refractivity contribution in [3.63, 3.8) is 0 Å². The van der Waals surface area contributed by atoms with E-state index in [0.29, 0.717) is 28.4 Å². The van der Waals surface area contributed by atoms with Gasteiger partial charge in [-0.05, 0) is 47.2 Å². The predicted octanol–water partition coefficient (Wildman–Crippen LogP) is 4.10. The van der Waals surface area contributed by atoms with E-state index in [9.17, 15) is 9.59 Å². The van der Waals surface area contributed by atoms with Crippen LogP contribution in [0.25, 0.3) is 11.1 Å². The molecule has 0 radical (unpaired) electrons. The Bertz CT molecular complexity index is 952. The molecule has 7 heteroatoms. The molecule has 0 aliphatic carbocycles. The highest BCUT2D eigenvalue weighted by Gasteiger charge is 2.33. The molecular weight excluding hydrogens is 348 g/mol. The Balaban J connectivity index is 1.62. The van der Waals surface area contributed by atoms with Crippen LogP contribution in [0.15, 0.2) is 46.9 Å². The van der Waals surface area contributed by atoms with Crippen LogP contribution in [0, 0.1) is 0 Å². The first-order valence-corrected chi connectivity index (χ1v) is 8.49. The van der Waals surface area contributed by atoms with E-state index in [1.807, 2.05) is 24.3 Å². The summed E-state index contributed by atoms with van der Waals surface area (Å²) in [6.07, 6.45) is 0.554. The second-order valence-electron chi connectivity index (χ2n) is 5.41. The van der Waals surface area contributed by atoms with E-state index >= 15 is 0 Å². The minimum absolute atomic E-state index is 0.297. The van der Waals surface area contributed by atoms with Crippen molar-refractivity contribution in [2.75, 3.05) is 0 Å². The average Bonchev–Trinajstić information content (AvgIpc) is 3.10. The highest BCUT2D eigenvalue weighted by atomic mass is 35.5. The average molecular weight is 359 g/mol. The number of carbonyl (C=O) groups is 2. The second kappa shape index (κ2) is 5.96. The van der Waals surface area contributed by atoms with E-state index in [0.717, 1.165) is 22.9 Å². The molecule has 2 aromatic carbocycles. The minimum atomic E-state index is -0.529. The van der Waals surface area contributed by atoms with E-state index in [2.05, 4.69) is 10.3 Å². The third-order valence-electron chi connectivity index (χ3n) is 3.72. The van der Waals surface area contributed by atoms with Gasteiger partial charge in [0.05, 0.1) is 0 Å². The predicted molar refractivity (Wildman–Crippen MR) is 92.1 cm³/mol. The molecule has 5 nitrogen and oxygen atoms in total. The van der Waals surface area contributed by atoms with Gasteiger partial charge < -0.3 is 4.42 Å². The van der Waals surface area contributed by atoms with Crippen molar-refractivity contribution in [1.29, 1.82) is 0 Å². The summed E-state index contributed by atoms with van der Waals surface area (Å²) in [5.41, 5.74) is 3.10. The van der Waals surface area contributed by atoms with E-state index in [-0.39, 0.29) is 11.1 Å². The molecule has 1 atom stereocenters. The Kier molecular flexibility index (Phi) is 3.78. The van der Waals surface area contributed by atoms with Crippen LogP contribution in [0.5, 0.6) is 0 Å². The molecule has 1 aliphatic heterocycles. The van der Waals surface area contributed by atoms with Crippen LogP contribution < -0.4 is 5.32 Å². The Morgan fingerprint density at radius 2 is 1.96 bits per heavy atom. The number of hydrogen-bond donors (Lipinski definition) is 1. The Morgan fingerprint density at radius 3 is 2.67 bits per heavy atom. The fraction of sp³-hybridized carbons (Fsp3) is 0.118. The number of fused-ring (bicyclic) bond motifs is 1. The molecule has 24 heavy (non-hydrogen) atoms. The summed E-state index contributed by atoms with van der Waals surface area (Å²) in [7, 11) is 0. The van der Waals surface area contributed by atoms with Crippen LogP contribution >= 0.6 is 23.4 Å². The number of benzene rings is 2. The maximum absolute atomic E-state index is 11.8. The SMILES string of the molecule is O=C1NC(=O)C(c2ccc3oc(Cc4ccc(Cl)cc4)nc3c2)S1. The molecule has 0 spiro atoms. The number of rotatable bonds is 3. The van der Waals surface area contributed by atoms with Crippen molar-refractivity contribution in [2.24, 2.45) is 0 Å². The number of amides is 2. The van der Waals surface area contributed by atoms with Gasteiger partial charge in [-0.3, -0.25) is 14.9 Å². The summed E-state index contributed by atoms with van der Waals surface area (Å²) in [6, 6.07) is 12.9. The van der Waals surface area contributed by atoms with E-state index < -0.39 is 5.25 Å². The second-order valence-corrected chi connectivity index (χ2v) is 6.93. The lowest BCUT2D eigenvalue weighted by molar-refractivity contribution is -0.119. The summed E-state index contributed by atoms with van der Waals surface area (Å²) in [4.78, 5) is 27.6. The maximum atomic E-state index is 11.8. The van der Waals surface area contributed by atoms with E-state index in [1.165, 1.54) is 0 Å². The van der Waals surface area contributed by atoms with Gasteiger partial charge in [0.2, 0.25) is 5.91 Å². The molecule has 0 bridgehead atoms. The summed E-state index contributed by atoms with van der Waals surface area (Å²) in [5.74, 6) is 0.290. The van der Waals surface area contributed by atoms with Gasteiger partial charge in [0.15, 0.2) is 11.5 Å². The molecular formula is C17H11ClN2O3S. The van der Waals surface area contributed by atoms with Crippen LogP contribution in [0.4, 0.5) is 4.79 Å². The van der Waals surface area contributed by atoms with Gasteiger partial charge in [-0.15, -0.1) is 0 Å². The third kappa shape index (κ3) is 2.90. The third-order valence-corrected chi connectivity index (χ3v) is 5.01. The van der Waals surface area contributed by atoms with Gasteiger partial charge in [-0.1, -0.05) is 29.8 Å². The van der Waals surface area contributed by atoms with Gasteiger partial charge in [0, 0.05) is 11.4 Å². The molecule has 2 amide bonds. The zero-order valence-electron chi connectivity index (χ0n) is 12.3. The highest BCUT2D eigenvalue weighted by Crippen LogP contribution is 2.35. The largest absolute Gasteiger partial charge is 0.440 e. The molecule has 0 saturated carbocycles. The van der Waals surface area contributed by atoms with Gasteiger partial charge in [-0.2, -0.15) is 0 Å². The Morgan fingerprint density at radius 1 is 1.17 bits per heavy atom. The van der Waals surface area contributed by atoms with Gasteiger partial charge >= 0.3 is 0 Å². The fourth-order valence-corrected chi connectivity index (χ4v) is 3.53. The van der Waals surface area contributed by atoms with Crippen molar-refractivity contribution in [2.45, 2.75) is 11.7 Å². The quantitative estimate of drug-likeness (QED) is 0.763.